The van der Waals surface area contributed by atoms with Crippen LogP contribution in [0.15, 0.2) is 12.2 Å². The van der Waals surface area contributed by atoms with Crippen LogP contribution in [0.3, 0.4) is 0 Å². The van der Waals surface area contributed by atoms with E-state index < -0.39 is 40.9 Å². The molecule has 0 aromatic carbocycles. The smallest absolute Gasteiger partial charge is 0.366 e. The van der Waals surface area contributed by atoms with Crippen molar-refractivity contribution in [1.82, 2.24) is 0 Å². The molecule has 0 N–H and O–H groups in total. The van der Waals surface area contributed by atoms with Gasteiger partial charge in [-0.3, -0.25) is 0 Å². The highest BCUT2D eigenvalue weighted by Crippen LogP contribution is 2.32. The van der Waals surface area contributed by atoms with Gasteiger partial charge >= 0.3 is 14.0 Å². The van der Waals surface area contributed by atoms with Gasteiger partial charge in [0.25, 0.3) is 0 Å². The van der Waals surface area contributed by atoms with E-state index in [4.69, 9.17) is 17.1 Å². The molecule has 0 atom stereocenters. The molecule has 0 amide bonds. The van der Waals surface area contributed by atoms with Crippen LogP contribution in [0.5, 0.6) is 0 Å². The summed E-state index contributed by atoms with van der Waals surface area (Å²) >= 11 is 0. The summed E-state index contributed by atoms with van der Waals surface area (Å²) < 4.78 is 25.9. The molecule has 0 aromatic rings. The number of carbonyl (C=O) groups excluding carboxylic acids is 1. The van der Waals surface area contributed by atoms with E-state index in [-0.39, 0.29) is 12.2 Å². The predicted octanol–water partition coefficient (Wildman–Crippen LogP) is 4.93. The number of carbonyl (C=O) groups is 1. The van der Waals surface area contributed by atoms with Crippen molar-refractivity contribution in [1.29, 1.82) is 0 Å². The third kappa shape index (κ3) is 9.92. The standard InChI is InChI=1S/C16H40O5Si5/c1-13-14-16(17)18-15-26(20-23(5,6)7,21-24(8,9)10)25(11,12)19-22(2,3)4/h13-14H,15H2,1-12H3. The zero-order chi connectivity index (χ0) is 21.0. The number of ether oxygens (including phenoxy) is 1. The lowest BCUT2D eigenvalue weighted by Gasteiger charge is -2.49. The number of allylic oxidation sites excluding steroid dienone is 1. The van der Waals surface area contributed by atoms with Crippen molar-refractivity contribution in [3.63, 3.8) is 0 Å². The first-order chi connectivity index (χ1) is 11.3. The van der Waals surface area contributed by atoms with Gasteiger partial charge in [-0.25, -0.2) is 4.79 Å². The lowest BCUT2D eigenvalue weighted by molar-refractivity contribution is -0.136. The van der Waals surface area contributed by atoms with Crippen LogP contribution in [0.2, 0.25) is 72.0 Å². The summed E-state index contributed by atoms with van der Waals surface area (Å²) in [5.41, 5.74) is 0. The van der Waals surface area contributed by atoms with Crippen LogP contribution in [0, 0.1) is 0 Å². The molecule has 10 heteroatoms. The highest BCUT2D eigenvalue weighted by Gasteiger charge is 2.61. The molecule has 0 aromatic heterocycles. The van der Waals surface area contributed by atoms with E-state index in [1.165, 1.54) is 6.08 Å². The Morgan fingerprint density at radius 1 is 0.731 bits per heavy atom. The molecule has 0 bridgehead atoms. The normalized spacial score (nSPS) is 14.8. The maximum Gasteiger partial charge on any atom is 0.366 e. The molecular formula is C16H40O5Si5. The third-order valence-electron chi connectivity index (χ3n) is 3.13. The molecule has 0 unspecified atom stereocenters. The summed E-state index contributed by atoms with van der Waals surface area (Å²) in [4.78, 5) is 12.0. The quantitative estimate of drug-likeness (QED) is 0.267. The first kappa shape index (κ1) is 26.2. The number of hydrogen-bond acceptors (Lipinski definition) is 5. The summed E-state index contributed by atoms with van der Waals surface area (Å²) in [6, 6.07) is 0. The molecule has 5 nitrogen and oxygen atoms in total. The fourth-order valence-corrected chi connectivity index (χ4v) is 36.4. The fourth-order valence-electron chi connectivity index (χ4n) is 2.68. The van der Waals surface area contributed by atoms with Gasteiger partial charge in [0.1, 0.15) is 6.23 Å². The highest BCUT2D eigenvalue weighted by molar-refractivity contribution is 7.37. The van der Waals surface area contributed by atoms with Gasteiger partial charge in [-0.1, -0.05) is 6.08 Å². The van der Waals surface area contributed by atoms with Crippen molar-refractivity contribution in [2.75, 3.05) is 6.23 Å². The topological polar surface area (TPSA) is 54.0 Å². The molecular weight excluding hydrogens is 413 g/mol. The summed E-state index contributed by atoms with van der Waals surface area (Å²) in [5.74, 6) is -0.347. The van der Waals surface area contributed by atoms with Crippen molar-refractivity contribution in [3.8, 4) is 0 Å². The Hall–Kier alpha value is 0.174. The van der Waals surface area contributed by atoms with Gasteiger partial charge in [-0.2, -0.15) is 0 Å². The predicted molar refractivity (Wildman–Crippen MR) is 122 cm³/mol. The summed E-state index contributed by atoms with van der Waals surface area (Å²) in [7, 11) is -11.0. The minimum atomic E-state index is -2.90. The lowest BCUT2D eigenvalue weighted by atomic mass is 10.5. The van der Waals surface area contributed by atoms with Gasteiger partial charge < -0.3 is 17.1 Å². The SMILES string of the molecule is CC=CC(=O)OC[Si](O[Si](C)(C)C)(O[Si](C)(C)C)[Si](C)(C)O[Si](C)(C)C. The van der Waals surface area contributed by atoms with Gasteiger partial charge in [0.05, 0.1) is 0 Å². The molecule has 0 aliphatic carbocycles. The van der Waals surface area contributed by atoms with E-state index in [9.17, 15) is 4.79 Å². The maximum absolute atomic E-state index is 12.0. The molecule has 0 aliphatic rings. The van der Waals surface area contributed by atoms with Crippen LogP contribution in [0.25, 0.3) is 0 Å². The molecule has 0 radical (unpaired) electrons. The second kappa shape index (κ2) is 9.12. The van der Waals surface area contributed by atoms with E-state index in [0.717, 1.165) is 0 Å². The van der Waals surface area contributed by atoms with Crippen LogP contribution in [0.4, 0.5) is 0 Å². The largest absolute Gasteiger partial charge is 0.461 e. The Balaban J connectivity index is 6.12. The van der Waals surface area contributed by atoms with Crippen molar-refractivity contribution >= 4 is 46.8 Å². The molecule has 0 heterocycles. The first-order valence-corrected chi connectivity index (χ1v) is 25.4. The zero-order valence-electron chi connectivity index (χ0n) is 18.9. The Bertz CT molecular complexity index is 485. The van der Waals surface area contributed by atoms with Gasteiger partial charge in [0.2, 0.25) is 7.83 Å². The molecule has 26 heavy (non-hydrogen) atoms. The monoisotopic (exact) mass is 452 g/mol. The number of hydrogen-bond donors (Lipinski definition) is 0. The highest BCUT2D eigenvalue weighted by atomic mass is 29.3. The number of rotatable bonds is 10. The molecule has 0 aliphatic heterocycles. The summed E-state index contributed by atoms with van der Waals surface area (Å²) in [5, 5.41) is 0. The van der Waals surface area contributed by atoms with Gasteiger partial charge in [-0.05, 0) is 78.9 Å². The second-order valence-electron chi connectivity index (χ2n) is 10.0. The van der Waals surface area contributed by atoms with Crippen molar-refractivity contribution in [2.24, 2.45) is 0 Å². The van der Waals surface area contributed by atoms with Crippen LogP contribution >= 0.6 is 0 Å². The Kier molecular flexibility index (Phi) is 9.18. The van der Waals surface area contributed by atoms with E-state index in [2.05, 4.69) is 72.0 Å². The average molecular weight is 453 g/mol. The van der Waals surface area contributed by atoms with Crippen molar-refractivity contribution in [2.45, 2.75) is 78.9 Å². The Labute approximate surface area is 166 Å². The van der Waals surface area contributed by atoms with Crippen LogP contribution in [-0.2, 0) is 21.9 Å². The molecule has 0 spiro atoms. The van der Waals surface area contributed by atoms with Gasteiger partial charge in [0.15, 0.2) is 25.0 Å². The fraction of sp³-hybridized carbons (Fsp3) is 0.812. The van der Waals surface area contributed by atoms with E-state index in [1.807, 2.05) is 0 Å². The van der Waals surface area contributed by atoms with Crippen LogP contribution in [0.1, 0.15) is 6.92 Å². The van der Waals surface area contributed by atoms with E-state index in [1.54, 1.807) is 13.0 Å². The minimum Gasteiger partial charge on any atom is -0.461 e. The van der Waals surface area contributed by atoms with Gasteiger partial charge in [-0.15, -0.1) is 0 Å². The van der Waals surface area contributed by atoms with Gasteiger partial charge in [0, 0.05) is 6.08 Å². The molecule has 0 fully saturated rings. The third-order valence-corrected chi connectivity index (χ3v) is 26.2. The van der Waals surface area contributed by atoms with E-state index >= 15 is 0 Å². The number of esters is 1. The van der Waals surface area contributed by atoms with Crippen LogP contribution in [-0.4, -0.2) is 53.1 Å². The molecule has 154 valence electrons. The minimum absolute atomic E-state index is 0.203. The summed E-state index contributed by atoms with van der Waals surface area (Å²) in [6.45, 7) is 25.7. The maximum atomic E-state index is 12.0. The first-order valence-electron chi connectivity index (χ1n) is 9.22. The van der Waals surface area contributed by atoms with Crippen LogP contribution < -0.4 is 0 Å². The van der Waals surface area contributed by atoms with Crippen molar-refractivity contribution < 1.29 is 21.9 Å². The molecule has 0 rings (SSSR count). The molecule has 0 saturated heterocycles. The van der Waals surface area contributed by atoms with Crippen molar-refractivity contribution in [3.05, 3.63) is 12.2 Å². The Morgan fingerprint density at radius 3 is 1.42 bits per heavy atom. The lowest BCUT2D eigenvalue weighted by Crippen LogP contribution is -2.74. The molecule has 0 saturated carbocycles. The zero-order valence-corrected chi connectivity index (χ0v) is 23.9. The average Bonchev–Trinajstić information content (AvgIpc) is 2.29. The Morgan fingerprint density at radius 2 is 1.12 bits per heavy atom. The second-order valence-corrected chi connectivity index (χ2v) is 35.9. The van der Waals surface area contributed by atoms with E-state index in [0.29, 0.717) is 0 Å². The summed E-state index contributed by atoms with van der Waals surface area (Å²) in [6.07, 6.45) is 3.33.